The van der Waals surface area contributed by atoms with E-state index in [1.807, 2.05) is 0 Å². The van der Waals surface area contributed by atoms with Crippen LogP contribution in [0.3, 0.4) is 0 Å². The second kappa shape index (κ2) is 8.41. The van der Waals surface area contributed by atoms with E-state index in [4.69, 9.17) is 14.9 Å². The molecule has 0 spiro atoms. The molecule has 0 saturated heterocycles. The van der Waals surface area contributed by atoms with Gasteiger partial charge in [-0.3, -0.25) is 9.78 Å². The molecule has 0 aliphatic rings. The number of hydrogen-bond acceptors (Lipinski definition) is 4. The molecule has 152 valence electrons. The third-order valence-corrected chi connectivity index (χ3v) is 9.75. The van der Waals surface area contributed by atoms with Gasteiger partial charge in [0.2, 0.25) is 5.91 Å². The zero-order valence-corrected chi connectivity index (χ0v) is 18.4. The van der Waals surface area contributed by atoms with E-state index < -0.39 is 20.1 Å². The Morgan fingerprint density at radius 3 is 2.46 bits per heavy atom. The van der Waals surface area contributed by atoms with Crippen LogP contribution in [0, 0.1) is 5.82 Å². The number of benzene rings is 1. The van der Waals surface area contributed by atoms with Crippen molar-refractivity contribution in [2.75, 3.05) is 0 Å². The highest BCUT2D eigenvalue weighted by molar-refractivity contribution is 6.74. The second-order valence-corrected chi connectivity index (χ2v) is 13.3. The van der Waals surface area contributed by atoms with E-state index >= 15 is 0 Å². The van der Waals surface area contributed by atoms with Gasteiger partial charge in [0.05, 0.1) is 24.4 Å². The predicted octanol–water partition coefficient (Wildman–Crippen LogP) is 5.12. The molecule has 1 unspecified atom stereocenters. The molecule has 2 rings (SSSR count). The van der Waals surface area contributed by atoms with Crippen LogP contribution in [0.5, 0.6) is 11.5 Å². The topological polar surface area (TPSA) is 74.4 Å². The van der Waals surface area contributed by atoms with Crippen LogP contribution in [0.25, 0.3) is 0 Å². The van der Waals surface area contributed by atoms with Crippen LogP contribution in [0.15, 0.2) is 36.5 Å². The number of amides is 1. The molecule has 1 atom stereocenters. The Bertz CT molecular complexity index is 833. The molecule has 0 saturated carbocycles. The van der Waals surface area contributed by atoms with Crippen LogP contribution in [0.1, 0.15) is 44.9 Å². The Kier molecular flexibility index (Phi) is 6.62. The summed E-state index contributed by atoms with van der Waals surface area (Å²) in [5, 5.41) is 0.0538. The van der Waals surface area contributed by atoms with Crippen molar-refractivity contribution in [2.24, 2.45) is 5.73 Å². The second-order valence-electron chi connectivity index (χ2n) is 8.45. The molecule has 1 aromatic heterocycles. The highest BCUT2D eigenvalue weighted by atomic mass is 28.4. The summed E-state index contributed by atoms with van der Waals surface area (Å²) >= 11 is 0. The van der Waals surface area contributed by atoms with E-state index in [1.165, 1.54) is 18.3 Å². The van der Waals surface area contributed by atoms with Gasteiger partial charge in [0, 0.05) is 5.56 Å². The fraction of sp³-hybridized carbons (Fsp3) is 0.429. The molecule has 0 bridgehead atoms. The van der Waals surface area contributed by atoms with Gasteiger partial charge >= 0.3 is 0 Å². The van der Waals surface area contributed by atoms with Crippen molar-refractivity contribution in [1.29, 1.82) is 0 Å². The van der Waals surface area contributed by atoms with Gasteiger partial charge < -0.3 is 14.9 Å². The SMILES string of the molecule is CC(C(N)=O)c1ccc(Oc2ccc(F)cc2CO[Si](C)(C)C(C)(C)C)cn1. The minimum atomic E-state index is -1.99. The van der Waals surface area contributed by atoms with Crippen molar-refractivity contribution < 1.29 is 18.3 Å². The van der Waals surface area contributed by atoms with Gasteiger partial charge in [-0.25, -0.2) is 4.39 Å². The standard InChI is InChI=1S/C21H29FN2O3Si/c1-14(20(23)25)18-9-8-17(12-24-18)27-19-10-7-16(22)11-15(19)13-26-28(5,6)21(2,3)4/h7-12,14H,13H2,1-6H3,(H2,23,25). The number of nitrogens with two attached hydrogens (primary N) is 1. The van der Waals surface area contributed by atoms with E-state index in [0.29, 0.717) is 22.8 Å². The fourth-order valence-corrected chi connectivity index (χ4v) is 3.17. The van der Waals surface area contributed by atoms with Gasteiger partial charge in [0.1, 0.15) is 17.3 Å². The van der Waals surface area contributed by atoms with Crippen molar-refractivity contribution in [3.05, 3.63) is 53.6 Å². The molecular weight excluding hydrogens is 375 g/mol. The van der Waals surface area contributed by atoms with Crippen LogP contribution in [-0.2, 0) is 15.8 Å². The molecule has 5 nitrogen and oxygen atoms in total. The largest absolute Gasteiger partial charge is 0.455 e. The average molecular weight is 405 g/mol. The van der Waals surface area contributed by atoms with Crippen LogP contribution in [0.2, 0.25) is 18.1 Å². The number of nitrogens with zero attached hydrogens (tertiary/aromatic N) is 1. The van der Waals surface area contributed by atoms with Crippen molar-refractivity contribution in [2.45, 2.75) is 58.4 Å². The van der Waals surface area contributed by atoms with Crippen molar-refractivity contribution in [1.82, 2.24) is 4.98 Å². The first-order valence-electron chi connectivity index (χ1n) is 9.26. The number of ether oxygens (including phenoxy) is 1. The lowest BCUT2D eigenvalue weighted by atomic mass is 10.1. The number of rotatable bonds is 7. The highest BCUT2D eigenvalue weighted by Gasteiger charge is 2.37. The van der Waals surface area contributed by atoms with Gasteiger partial charge in [0.15, 0.2) is 8.32 Å². The Balaban J connectivity index is 2.19. The monoisotopic (exact) mass is 404 g/mol. The Hall–Kier alpha value is -2.25. The number of carbonyl (C=O) groups is 1. The lowest BCUT2D eigenvalue weighted by Crippen LogP contribution is -2.40. The maximum Gasteiger partial charge on any atom is 0.226 e. The van der Waals surface area contributed by atoms with E-state index in [-0.39, 0.29) is 17.5 Å². The minimum absolute atomic E-state index is 0.0538. The summed E-state index contributed by atoms with van der Waals surface area (Å²) in [6, 6.07) is 7.77. The van der Waals surface area contributed by atoms with Crippen LogP contribution < -0.4 is 10.5 Å². The summed E-state index contributed by atoms with van der Waals surface area (Å²) in [4.78, 5) is 15.5. The van der Waals surface area contributed by atoms with Crippen molar-refractivity contribution in [3.8, 4) is 11.5 Å². The van der Waals surface area contributed by atoms with Crippen LogP contribution in [-0.4, -0.2) is 19.2 Å². The first kappa shape index (κ1) is 22.0. The Morgan fingerprint density at radius 2 is 1.93 bits per heavy atom. The summed E-state index contributed by atoms with van der Waals surface area (Å²) in [6.07, 6.45) is 1.52. The normalized spacial score (nSPS) is 13.2. The summed E-state index contributed by atoms with van der Waals surface area (Å²) in [7, 11) is -1.99. The predicted molar refractivity (Wildman–Crippen MR) is 110 cm³/mol. The molecule has 2 N–H and O–H groups in total. The molecule has 0 fully saturated rings. The van der Waals surface area contributed by atoms with E-state index in [9.17, 15) is 9.18 Å². The summed E-state index contributed by atoms with van der Waals surface area (Å²) in [5.74, 6) is -0.263. The number of hydrogen-bond donors (Lipinski definition) is 1. The molecule has 1 heterocycles. The Morgan fingerprint density at radius 1 is 1.25 bits per heavy atom. The number of carbonyl (C=O) groups excluding carboxylic acids is 1. The van der Waals surface area contributed by atoms with E-state index in [2.05, 4.69) is 38.8 Å². The van der Waals surface area contributed by atoms with Crippen LogP contribution in [0.4, 0.5) is 4.39 Å². The van der Waals surface area contributed by atoms with Crippen molar-refractivity contribution in [3.63, 3.8) is 0 Å². The molecular formula is C21H29FN2O3Si. The smallest absolute Gasteiger partial charge is 0.226 e. The lowest BCUT2D eigenvalue weighted by molar-refractivity contribution is -0.119. The van der Waals surface area contributed by atoms with Crippen LogP contribution >= 0.6 is 0 Å². The van der Waals surface area contributed by atoms with Gasteiger partial charge in [-0.15, -0.1) is 0 Å². The van der Waals surface area contributed by atoms with Crippen molar-refractivity contribution >= 4 is 14.2 Å². The molecule has 7 heteroatoms. The maximum absolute atomic E-state index is 13.8. The number of pyridine rings is 1. The number of aromatic nitrogens is 1. The maximum atomic E-state index is 13.8. The quantitative estimate of drug-likeness (QED) is 0.650. The molecule has 2 aromatic rings. The summed E-state index contributed by atoms with van der Waals surface area (Å²) in [5.41, 5.74) is 6.51. The molecule has 1 amide bonds. The third kappa shape index (κ3) is 5.39. The molecule has 0 radical (unpaired) electrons. The molecule has 28 heavy (non-hydrogen) atoms. The molecule has 0 aliphatic heterocycles. The van der Waals surface area contributed by atoms with Gasteiger partial charge in [-0.1, -0.05) is 20.8 Å². The zero-order valence-electron chi connectivity index (χ0n) is 17.4. The van der Waals surface area contributed by atoms with E-state index in [0.717, 1.165) is 0 Å². The lowest BCUT2D eigenvalue weighted by Gasteiger charge is -2.36. The average Bonchev–Trinajstić information content (AvgIpc) is 2.61. The first-order valence-corrected chi connectivity index (χ1v) is 12.2. The summed E-state index contributed by atoms with van der Waals surface area (Å²) in [6.45, 7) is 12.7. The highest BCUT2D eigenvalue weighted by Crippen LogP contribution is 2.38. The zero-order chi connectivity index (χ0) is 21.1. The fourth-order valence-electron chi connectivity index (χ4n) is 2.22. The Labute approximate surface area is 167 Å². The number of primary amides is 1. The summed E-state index contributed by atoms with van der Waals surface area (Å²) < 4.78 is 25.9. The van der Waals surface area contributed by atoms with Gasteiger partial charge in [-0.05, 0) is 55.4 Å². The van der Waals surface area contributed by atoms with E-state index in [1.54, 1.807) is 25.1 Å². The third-order valence-electron chi connectivity index (χ3n) is 5.27. The first-order chi connectivity index (χ1) is 12.9. The minimum Gasteiger partial charge on any atom is -0.455 e. The van der Waals surface area contributed by atoms with Gasteiger partial charge in [0.25, 0.3) is 0 Å². The number of halogens is 1. The van der Waals surface area contributed by atoms with Gasteiger partial charge in [-0.2, -0.15) is 0 Å². The molecule has 1 aromatic carbocycles. The molecule has 0 aliphatic carbocycles.